The summed E-state index contributed by atoms with van der Waals surface area (Å²) in [5, 5.41) is 0. The minimum atomic E-state index is 1.05. The molecule has 0 saturated carbocycles. The van der Waals surface area contributed by atoms with Crippen LogP contribution in [0.15, 0.2) is 24.3 Å². The Morgan fingerprint density at radius 2 is 1.10 bits per heavy atom. The van der Waals surface area contributed by atoms with Gasteiger partial charge >= 0.3 is 0 Å². The fraction of sp³-hybridized carbons (Fsp3) is 0.750. The molecule has 117 valence electrons. The molecule has 0 spiro atoms. The quantitative estimate of drug-likeness (QED) is 0.216. The largest absolute Gasteiger partial charge is 0.0882 e. The van der Waals surface area contributed by atoms with Gasteiger partial charge in [0.15, 0.2) is 0 Å². The van der Waals surface area contributed by atoms with Crippen molar-refractivity contribution in [2.75, 3.05) is 0 Å². The molecular weight excluding hydrogens is 240 g/mol. The van der Waals surface area contributed by atoms with E-state index in [0.29, 0.717) is 0 Å². The van der Waals surface area contributed by atoms with E-state index in [4.69, 9.17) is 0 Å². The lowest BCUT2D eigenvalue weighted by atomic mass is 10.1. The number of allylic oxidation sites excluding steroid dienone is 4. The van der Waals surface area contributed by atoms with Gasteiger partial charge in [-0.3, -0.25) is 0 Å². The third kappa shape index (κ3) is 17.5. The van der Waals surface area contributed by atoms with Gasteiger partial charge in [-0.05, 0) is 32.1 Å². The molecule has 0 N–H and O–H groups in total. The molecule has 0 aromatic heterocycles. The fourth-order valence-corrected chi connectivity index (χ4v) is 2.34. The maximum Gasteiger partial charge on any atom is -0.0169 e. The first kappa shape index (κ1) is 19.5. The Morgan fingerprint density at radius 1 is 0.600 bits per heavy atom. The first-order chi connectivity index (χ1) is 9.91. The van der Waals surface area contributed by atoms with Crippen molar-refractivity contribution >= 4 is 0 Å². The lowest BCUT2D eigenvalue weighted by Crippen LogP contribution is -1.80. The van der Waals surface area contributed by atoms with Gasteiger partial charge in [0.05, 0.1) is 0 Å². The van der Waals surface area contributed by atoms with E-state index in [1.54, 1.807) is 0 Å². The zero-order valence-corrected chi connectivity index (χ0v) is 13.9. The van der Waals surface area contributed by atoms with Crippen LogP contribution in [-0.4, -0.2) is 0 Å². The maximum absolute atomic E-state index is 3.85. The zero-order valence-electron chi connectivity index (χ0n) is 13.9. The minimum absolute atomic E-state index is 1.05. The third-order valence-corrected chi connectivity index (χ3v) is 3.70. The summed E-state index contributed by atoms with van der Waals surface area (Å²) in [4.78, 5) is 0. The van der Waals surface area contributed by atoms with E-state index < -0.39 is 0 Å². The van der Waals surface area contributed by atoms with Crippen LogP contribution in [0.3, 0.4) is 0 Å². The predicted molar refractivity (Wildman–Crippen MR) is 93.9 cm³/mol. The molecule has 0 heteroatoms. The highest BCUT2D eigenvalue weighted by molar-refractivity contribution is 4.92. The smallest absolute Gasteiger partial charge is 0.0169 e. The first-order valence-electron chi connectivity index (χ1n) is 9.01. The summed E-state index contributed by atoms with van der Waals surface area (Å²) in [7, 11) is 0. The van der Waals surface area contributed by atoms with Crippen LogP contribution in [0.4, 0.5) is 0 Å². The highest BCUT2D eigenvalue weighted by Gasteiger charge is 1.90. The van der Waals surface area contributed by atoms with Gasteiger partial charge in [0, 0.05) is 0 Å². The van der Waals surface area contributed by atoms with Crippen LogP contribution in [0, 0.1) is 6.92 Å². The van der Waals surface area contributed by atoms with Crippen molar-refractivity contribution in [3.05, 3.63) is 31.2 Å². The van der Waals surface area contributed by atoms with Crippen LogP contribution in [0.1, 0.15) is 96.8 Å². The molecule has 0 nitrogen and oxygen atoms in total. The van der Waals surface area contributed by atoms with Gasteiger partial charge in [-0.1, -0.05) is 95.9 Å². The van der Waals surface area contributed by atoms with E-state index >= 15 is 0 Å². The molecule has 20 heavy (non-hydrogen) atoms. The summed E-state index contributed by atoms with van der Waals surface area (Å²) in [6.07, 6.45) is 27.9. The second-order valence-corrected chi connectivity index (χ2v) is 5.79. The molecule has 0 aliphatic carbocycles. The maximum atomic E-state index is 3.85. The van der Waals surface area contributed by atoms with Gasteiger partial charge < -0.3 is 0 Å². The Labute approximate surface area is 128 Å². The molecule has 0 aromatic carbocycles. The lowest BCUT2D eigenvalue weighted by molar-refractivity contribution is 0.566. The second kappa shape index (κ2) is 18.5. The molecule has 0 aliphatic rings. The van der Waals surface area contributed by atoms with Crippen LogP contribution < -0.4 is 0 Å². The molecular formula is C20H37. The molecule has 0 rings (SSSR count). The Bertz CT molecular complexity index is 212. The molecule has 0 saturated heterocycles. The first-order valence-corrected chi connectivity index (χ1v) is 9.01. The lowest BCUT2D eigenvalue weighted by Gasteiger charge is -2.00. The Morgan fingerprint density at radius 3 is 1.65 bits per heavy atom. The molecule has 1 radical (unpaired) electrons. The van der Waals surface area contributed by atoms with Crippen molar-refractivity contribution in [3.8, 4) is 0 Å². The normalized spacial score (nSPS) is 11.9. The van der Waals surface area contributed by atoms with Crippen LogP contribution in [-0.2, 0) is 0 Å². The second-order valence-electron chi connectivity index (χ2n) is 5.79. The monoisotopic (exact) mass is 277 g/mol. The Kier molecular flexibility index (Phi) is 18.0. The van der Waals surface area contributed by atoms with Crippen LogP contribution in [0.2, 0.25) is 0 Å². The fourth-order valence-electron chi connectivity index (χ4n) is 2.34. The third-order valence-electron chi connectivity index (χ3n) is 3.70. The summed E-state index contributed by atoms with van der Waals surface area (Å²) < 4.78 is 0. The average Bonchev–Trinajstić information content (AvgIpc) is 2.47. The predicted octanol–water partition coefficient (Wildman–Crippen LogP) is 7.41. The minimum Gasteiger partial charge on any atom is -0.0882 e. The van der Waals surface area contributed by atoms with Gasteiger partial charge in [0.1, 0.15) is 0 Å². The van der Waals surface area contributed by atoms with Gasteiger partial charge in [-0.2, -0.15) is 0 Å². The Balaban J connectivity index is 3.10. The van der Waals surface area contributed by atoms with Crippen LogP contribution in [0.5, 0.6) is 0 Å². The number of unbranched alkanes of at least 4 members (excludes halogenated alkanes) is 11. The number of rotatable bonds is 15. The number of hydrogen-bond donors (Lipinski definition) is 0. The van der Waals surface area contributed by atoms with Gasteiger partial charge in [0.25, 0.3) is 0 Å². The van der Waals surface area contributed by atoms with E-state index in [9.17, 15) is 0 Å². The van der Waals surface area contributed by atoms with Crippen LogP contribution >= 0.6 is 0 Å². The van der Waals surface area contributed by atoms with E-state index in [1.165, 1.54) is 77.0 Å². The van der Waals surface area contributed by atoms with Crippen molar-refractivity contribution in [1.29, 1.82) is 0 Å². The highest BCUT2D eigenvalue weighted by atomic mass is 14.0. The molecule has 0 bridgehead atoms. The van der Waals surface area contributed by atoms with Gasteiger partial charge in [-0.25, -0.2) is 0 Å². The van der Waals surface area contributed by atoms with Gasteiger partial charge in [-0.15, -0.1) is 0 Å². The standard InChI is InChI=1S/C20H37/c1-3-5-7-9-11-13-15-17-19-20-18-16-14-12-10-8-6-4-2/h9,11,15,17H,1,3-8,10,12-14,16,18-20H2,2H3. The molecule has 0 atom stereocenters. The van der Waals surface area contributed by atoms with E-state index in [1.807, 2.05) is 0 Å². The molecule has 0 aromatic rings. The van der Waals surface area contributed by atoms with Crippen LogP contribution in [0.25, 0.3) is 0 Å². The summed E-state index contributed by atoms with van der Waals surface area (Å²) in [6.45, 7) is 6.13. The van der Waals surface area contributed by atoms with Crippen molar-refractivity contribution in [2.45, 2.75) is 96.8 Å². The summed E-state index contributed by atoms with van der Waals surface area (Å²) >= 11 is 0. The van der Waals surface area contributed by atoms with Gasteiger partial charge in [0.2, 0.25) is 0 Å². The molecule has 0 heterocycles. The van der Waals surface area contributed by atoms with Crippen molar-refractivity contribution in [2.24, 2.45) is 0 Å². The van der Waals surface area contributed by atoms with Crippen molar-refractivity contribution in [1.82, 2.24) is 0 Å². The molecule has 0 aliphatic heterocycles. The van der Waals surface area contributed by atoms with Crippen molar-refractivity contribution < 1.29 is 0 Å². The Hall–Kier alpha value is -0.520. The molecule has 0 amide bonds. The highest BCUT2D eigenvalue weighted by Crippen LogP contribution is 2.10. The number of hydrogen-bond acceptors (Lipinski definition) is 0. The van der Waals surface area contributed by atoms with E-state index in [2.05, 4.69) is 38.2 Å². The average molecular weight is 278 g/mol. The zero-order chi connectivity index (χ0) is 14.7. The topological polar surface area (TPSA) is 0 Å². The van der Waals surface area contributed by atoms with Crippen molar-refractivity contribution in [3.63, 3.8) is 0 Å². The van der Waals surface area contributed by atoms with E-state index in [-0.39, 0.29) is 0 Å². The summed E-state index contributed by atoms with van der Waals surface area (Å²) in [5.41, 5.74) is 0. The van der Waals surface area contributed by atoms with E-state index in [0.717, 1.165) is 12.8 Å². The molecule has 0 unspecified atom stereocenters. The molecule has 0 fully saturated rings. The SMILES string of the molecule is [CH2]CCCC=CCC=CCCCCCCCCCCC. The summed E-state index contributed by atoms with van der Waals surface area (Å²) in [6, 6.07) is 0. The summed E-state index contributed by atoms with van der Waals surface area (Å²) in [5.74, 6) is 0.